The summed E-state index contributed by atoms with van der Waals surface area (Å²) in [5.41, 5.74) is 2.34. The summed E-state index contributed by atoms with van der Waals surface area (Å²) >= 11 is 0. The lowest BCUT2D eigenvalue weighted by Crippen LogP contribution is -2.47. The molecule has 2 aromatic heterocycles. The van der Waals surface area contributed by atoms with Gasteiger partial charge in [0, 0.05) is 18.3 Å². The third-order valence-corrected chi connectivity index (χ3v) is 7.35. The molecule has 1 aliphatic rings. The van der Waals surface area contributed by atoms with Gasteiger partial charge in [-0.25, -0.2) is 0 Å². The van der Waals surface area contributed by atoms with Gasteiger partial charge < -0.3 is 24.5 Å². The van der Waals surface area contributed by atoms with Gasteiger partial charge in [0.05, 0.1) is 6.26 Å². The van der Waals surface area contributed by atoms with E-state index in [0.717, 1.165) is 63.0 Å². The Morgan fingerprint density at radius 2 is 1.73 bits per heavy atom. The zero-order chi connectivity index (χ0) is 26.0. The van der Waals surface area contributed by atoms with Crippen molar-refractivity contribution in [3.63, 3.8) is 0 Å². The number of amides is 2. The van der Waals surface area contributed by atoms with Crippen molar-refractivity contribution in [2.75, 3.05) is 26.2 Å². The van der Waals surface area contributed by atoms with Crippen LogP contribution in [0.25, 0.3) is 11.3 Å². The van der Waals surface area contributed by atoms with E-state index < -0.39 is 6.04 Å². The third-order valence-electron chi connectivity index (χ3n) is 7.35. The minimum atomic E-state index is -0.829. The van der Waals surface area contributed by atoms with E-state index in [2.05, 4.69) is 29.0 Å². The second kappa shape index (κ2) is 13.3. The number of aromatic amines is 1. The van der Waals surface area contributed by atoms with Crippen LogP contribution >= 0.6 is 0 Å². The van der Waals surface area contributed by atoms with Gasteiger partial charge in [-0.15, -0.1) is 0 Å². The smallest absolute Gasteiger partial charge is 0.271 e. The number of hydrogen-bond acceptors (Lipinski definition) is 4. The highest BCUT2D eigenvalue weighted by molar-refractivity contribution is 5.97. The molecule has 0 bridgehead atoms. The van der Waals surface area contributed by atoms with Gasteiger partial charge in [-0.2, -0.15) is 0 Å². The van der Waals surface area contributed by atoms with Gasteiger partial charge in [0.25, 0.3) is 11.8 Å². The molecule has 7 nitrogen and oxygen atoms in total. The van der Waals surface area contributed by atoms with E-state index in [1.807, 2.05) is 36.4 Å². The molecule has 1 aromatic carbocycles. The summed E-state index contributed by atoms with van der Waals surface area (Å²) in [7, 11) is 0. The zero-order valence-electron chi connectivity index (χ0n) is 22.1. The minimum Gasteiger partial charge on any atom is -0.467 e. The maximum Gasteiger partial charge on any atom is 0.271 e. The molecule has 2 heterocycles. The molecule has 7 heteroatoms. The van der Waals surface area contributed by atoms with Gasteiger partial charge in [0.1, 0.15) is 11.5 Å². The fourth-order valence-corrected chi connectivity index (χ4v) is 5.21. The third kappa shape index (κ3) is 6.92. The van der Waals surface area contributed by atoms with Crippen molar-refractivity contribution < 1.29 is 14.0 Å². The molecule has 1 saturated carbocycles. The molecule has 1 unspecified atom stereocenters. The number of hydrogen-bond donors (Lipinski definition) is 2. The van der Waals surface area contributed by atoms with Gasteiger partial charge in [-0.3, -0.25) is 9.59 Å². The lowest BCUT2D eigenvalue weighted by molar-refractivity contribution is -0.127. The topological polar surface area (TPSA) is 81.6 Å². The Kier molecular flexibility index (Phi) is 9.60. The molecule has 1 aliphatic carbocycles. The summed E-state index contributed by atoms with van der Waals surface area (Å²) in [4.78, 5) is 35.0. The van der Waals surface area contributed by atoms with Crippen molar-refractivity contribution in [1.82, 2.24) is 20.1 Å². The van der Waals surface area contributed by atoms with Crippen molar-refractivity contribution >= 4 is 11.8 Å². The highest BCUT2D eigenvalue weighted by Gasteiger charge is 2.35. The molecule has 37 heavy (non-hydrogen) atoms. The zero-order valence-corrected chi connectivity index (χ0v) is 22.1. The minimum absolute atomic E-state index is 0.140. The van der Waals surface area contributed by atoms with Crippen molar-refractivity contribution in [1.29, 1.82) is 0 Å². The molecular formula is C30H40N4O3. The molecule has 1 atom stereocenters. The summed E-state index contributed by atoms with van der Waals surface area (Å²) in [6, 6.07) is 16.5. The van der Waals surface area contributed by atoms with Gasteiger partial charge >= 0.3 is 0 Å². The number of H-pyrrole nitrogens is 1. The number of carbonyl (C=O) groups excluding carboxylic acids is 2. The van der Waals surface area contributed by atoms with Crippen LogP contribution in [0.15, 0.2) is 65.3 Å². The van der Waals surface area contributed by atoms with E-state index in [0.29, 0.717) is 18.0 Å². The van der Waals surface area contributed by atoms with Crippen LogP contribution in [-0.4, -0.2) is 58.8 Å². The van der Waals surface area contributed by atoms with Crippen LogP contribution in [0.4, 0.5) is 0 Å². The maximum absolute atomic E-state index is 14.0. The summed E-state index contributed by atoms with van der Waals surface area (Å²) in [5, 5.41) is 3.23. The SMILES string of the molecule is CCN(CC)CCCN(C(=O)c1ccc(-c2ccccc2)[nH]1)C(C(=O)NC1CCCCC1)c1ccco1. The van der Waals surface area contributed by atoms with Gasteiger partial charge in [0.15, 0.2) is 6.04 Å². The Morgan fingerprint density at radius 3 is 2.41 bits per heavy atom. The Hall–Kier alpha value is -3.32. The van der Waals surface area contributed by atoms with E-state index in [9.17, 15) is 9.59 Å². The van der Waals surface area contributed by atoms with Gasteiger partial charge in [-0.05, 0) is 68.7 Å². The number of rotatable bonds is 12. The highest BCUT2D eigenvalue weighted by Crippen LogP contribution is 2.27. The second-order valence-electron chi connectivity index (χ2n) is 9.79. The van der Waals surface area contributed by atoms with Crippen molar-refractivity contribution in [3.05, 3.63) is 72.3 Å². The van der Waals surface area contributed by atoms with Crippen molar-refractivity contribution in [3.8, 4) is 11.3 Å². The van der Waals surface area contributed by atoms with Gasteiger partial charge in [-0.1, -0.05) is 63.4 Å². The van der Waals surface area contributed by atoms with E-state index in [1.165, 1.54) is 6.42 Å². The van der Waals surface area contributed by atoms with E-state index in [4.69, 9.17) is 4.42 Å². The summed E-state index contributed by atoms with van der Waals surface area (Å²) < 4.78 is 5.74. The van der Waals surface area contributed by atoms with Crippen LogP contribution in [0.5, 0.6) is 0 Å². The van der Waals surface area contributed by atoms with E-state index in [1.54, 1.807) is 29.4 Å². The van der Waals surface area contributed by atoms with Crippen LogP contribution in [0.3, 0.4) is 0 Å². The molecule has 0 saturated heterocycles. The van der Waals surface area contributed by atoms with Crippen molar-refractivity contribution in [2.45, 2.75) is 64.5 Å². The average molecular weight is 505 g/mol. The van der Waals surface area contributed by atoms with Crippen LogP contribution in [0.2, 0.25) is 0 Å². The largest absolute Gasteiger partial charge is 0.467 e. The Labute approximate surface area is 220 Å². The molecule has 0 spiro atoms. The van der Waals surface area contributed by atoms with Crippen LogP contribution in [0, 0.1) is 0 Å². The average Bonchev–Trinajstić information content (AvgIpc) is 3.64. The first-order chi connectivity index (χ1) is 18.1. The number of nitrogens with one attached hydrogen (secondary N) is 2. The number of aromatic nitrogens is 1. The normalized spacial score (nSPS) is 15.0. The molecule has 3 aromatic rings. The summed E-state index contributed by atoms with van der Waals surface area (Å²) in [6.07, 6.45) is 7.72. The maximum atomic E-state index is 14.0. The fourth-order valence-electron chi connectivity index (χ4n) is 5.21. The molecule has 2 N–H and O–H groups in total. The predicted octanol–water partition coefficient (Wildman–Crippen LogP) is 5.64. The highest BCUT2D eigenvalue weighted by atomic mass is 16.3. The first-order valence-corrected chi connectivity index (χ1v) is 13.7. The second-order valence-corrected chi connectivity index (χ2v) is 9.79. The Morgan fingerprint density at radius 1 is 0.973 bits per heavy atom. The standard InChI is InChI=1S/C30H40N4O3/c1-3-33(4-2)20-12-21-34(30(36)26-19-18-25(32-26)23-13-7-5-8-14-23)28(27-17-11-22-37-27)29(35)31-24-15-9-6-10-16-24/h5,7-8,11,13-14,17-19,22,24,28,32H,3-4,6,9-10,12,15-16,20-21H2,1-2H3,(H,31,35). The lowest BCUT2D eigenvalue weighted by atomic mass is 9.95. The monoisotopic (exact) mass is 504 g/mol. The molecular weight excluding hydrogens is 464 g/mol. The first kappa shape index (κ1) is 26.7. The Bertz CT molecular complexity index is 1100. The predicted molar refractivity (Wildman–Crippen MR) is 146 cm³/mol. The number of carbonyl (C=O) groups is 2. The molecule has 198 valence electrons. The molecule has 2 amide bonds. The molecule has 0 aliphatic heterocycles. The van der Waals surface area contributed by atoms with Crippen LogP contribution in [0.1, 0.15) is 74.7 Å². The number of furan rings is 1. The quantitative estimate of drug-likeness (QED) is 0.335. The van der Waals surface area contributed by atoms with Crippen LogP contribution in [-0.2, 0) is 4.79 Å². The van der Waals surface area contributed by atoms with Gasteiger partial charge in [0.2, 0.25) is 0 Å². The number of nitrogens with zero attached hydrogens (tertiary/aromatic N) is 2. The summed E-state index contributed by atoms with van der Waals surface area (Å²) in [5.74, 6) is 0.106. The first-order valence-electron chi connectivity index (χ1n) is 13.7. The van der Waals surface area contributed by atoms with Crippen molar-refractivity contribution in [2.24, 2.45) is 0 Å². The lowest BCUT2D eigenvalue weighted by Gasteiger charge is -2.32. The van der Waals surface area contributed by atoms with E-state index in [-0.39, 0.29) is 17.9 Å². The molecule has 1 fully saturated rings. The van der Waals surface area contributed by atoms with E-state index >= 15 is 0 Å². The molecule has 0 radical (unpaired) electrons. The Balaban J connectivity index is 1.61. The van der Waals surface area contributed by atoms with Crippen LogP contribution < -0.4 is 5.32 Å². The fraction of sp³-hybridized carbons (Fsp3) is 0.467. The summed E-state index contributed by atoms with van der Waals surface area (Å²) in [6.45, 7) is 7.47. The number of benzene rings is 1. The molecule has 4 rings (SSSR count).